The minimum atomic E-state index is -3.41. The second-order valence-corrected chi connectivity index (χ2v) is 8.17. The van der Waals surface area contributed by atoms with Crippen LogP contribution < -0.4 is 15.4 Å². The van der Waals surface area contributed by atoms with E-state index in [4.69, 9.17) is 4.74 Å². The lowest BCUT2D eigenvalue weighted by Crippen LogP contribution is -2.22. The van der Waals surface area contributed by atoms with Gasteiger partial charge < -0.3 is 15.4 Å². The summed E-state index contributed by atoms with van der Waals surface area (Å²) < 4.78 is 29.7. The third-order valence-electron chi connectivity index (χ3n) is 3.23. The Labute approximate surface area is 155 Å². The summed E-state index contributed by atoms with van der Waals surface area (Å²) in [6, 6.07) is 11.8. The fourth-order valence-electron chi connectivity index (χ4n) is 2.13. The van der Waals surface area contributed by atoms with Gasteiger partial charge in [0.1, 0.15) is 5.75 Å². The van der Waals surface area contributed by atoms with Gasteiger partial charge in [-0.05, 0) is 49.4 Å². The number of carbonyl (C=O) groups is 1. The fraction of sp³-hybridized carbons (Fsp3) is 0.235. The summed E-state index contributed by atoms with van der Waals surface area (Å²) in [5.41, 5.74) is 1.02. The van der Waals surface area contributed by atoms with Crippen molar-refractivity contribution in [1.82, 2.24) is 0 Å². The van der Waals surface area contributed by atoms with E-state index in [1.54, 1.807) is 36.4 Å². The third-order valence-corrected chi connectivity index (χ3v) is 4.86. The number of amides is 1. The topological polar surface area (TPSA) is 84.5 Å². The van der Waals surface area contributed by atoms with Crippen molar-refractivity contribution >= 4 is 43.0 Å². The van der Waals surface area contributed by atoms with Gasteiger partial charge in [-0.25, -0.2) is 8.42 Å². The van der Waals surface area contributed by atoms with Crippen molar-refractivity contribution in [3.05, 3.63) is 46.9 Å². The Morgan fingerprint density at radius 1 is 1.16 bits per heavy atom. The van der Waals surface area contributed by atoms with Crippen LogP contribution in [-0.4, -0.2) is 33.7 Å². The summed E-state index contributed by atoms with van der Waals surface area (Å²) in [5.74, 6) is 0.442. The minimum absolute atomic E-state index is 0.0582. The Morgan fingerprint density at radius 3 is 2.44 bits per heavy atom. The highest BCUT2D eigenvalue weighted by Gasteiger charge is 2.14. The predicted octanol–water partition coefficient (Wildman–Crippen LogP) is 3.30. The average Bonchev–Trinajstić information content (AvgIpc) is 2.55. The van der Waals surface area contributed by atoms with E-state index in [-0.39, 0.29) is 17.3 Å². The molecule has 0 radical (unpaired) electrons. The van der Waals surface area contributed by atoms with Crippen LogP contribution in [0.4, 0.5) is 11.4 Å². The van der Waals surface area contributed by atoms with Crippen LogP contribution in [0.1, 0.15) is 6.92 Å². The van der Waals surface area contributed by atoms with E-state index >= 15 is 0 Å². The summed E-state index contributed by atoms with van der Waals surface area (Å²) in [6.45, 7) is 2.41. The number of nitrogens with one attached hydrogen (secondary N) is 2. The van der Waals surface area contributed by atoms with Gasteiger partial charge in [-0.3, -0.25) is 4.79 Å². The second-order valence-electron chi connectivity index (χ2n) is 5.27. The number of carbonyl (C=O) groups excluding carboxylic acids is 1. The molecule has 0 aromatic heterocycles. The molecule has 0 aliphatic heterocycles. The molecule has 0 heterocycles. The minimum Gasteiger partial charge on any atom is -0.494 e. The van der Waals surface area contributed by atoms with Crippen LogP contribution in [0.25, 0.3) is 0 Å². The Kier molecular flexibility index (Phi) is 6.44. The second kappa shape index (κ2) is 8.35. The van der Waals surface area contributed by atoms with Crippen LogP contribution in [-0.2, 0) is 14.6 Å². The molecule has 0 unspecified atom stereocenters. The summed E-state index contributed by atoms with van der Waals surface area (Å²) in [5, 5.41) is 5.60. The van der Waals surface area contributed by atoms with Crippen molar-refractivity contribution in [1.29, 1.82) is 0 Å². The summed E-state index contributed by atoms with van der Waals surface area (Å²) in [4.78, 5) is 12.2. The van der Waals surface area contributed by atoms with Crippen LogP contribution in [0.5, 0.6) is 5.75 Å². The summed E-state index contributed by atoms with van der Waals surface area (Å²) in [6.07, 6.45) is 1.12. The first-order valence-electron chi connectivity index (χ1n) is 7.56. The SMILES string of the molecule is CCOc1ccc(NC(=O)CNc2ccc(Br)cc2S(C)(=O)=O)cc1. The van der Waals surface area contributed by atoms with Crippen LogP contribution in [0.2, 0.25) is 0 Å². The van der Waals surface area contributed by atoms with Crippen LogP contribution in [0.15, 0.2) is 51.8 Å². The zero-order chi connectivity index (χ0) is 18.4. The van der Waals surface area contributed by atoms with Crippen molar-refractivity contribution in [3.8, 4) is 5.75 Å². The summed E-state index contributed by atoms with van der Waals surface area (Å²) >= 11 is 3.25. The van der Waals surface area contributed by atoms with Gasteiger partial charge in [0, 0.05) is 16.4 Å². The molecule has 25 heavy (non-hydrogen) atoms. The van der Waals surface area contributed by atoms with Crippen molar-refractivity contribution < 1.29 is 17.9 Å². The van der Waals surface area contributed by atoms with Gasteiger partial charge in [-0.15, -0.1) is 0 Å². The smallest absolute Gasteiger partial charge is 0.243 e. The molecule has 2 rings (SSSR count). The molecular weight excluding hydrogens is 408 g/mol. The first kappa shape index (κ1) is 19.3. The van der Waals surface area contributed by atoms with Gasteiger partial charge in [-0.1, -0.05) is 15.9 Å². The van der Waals surface area contributed by atoms with E-state index in [0.717, 1.165) is 12.0 Å². The van der Waals surface area contributed by atoms with Crippen LogP contribution >= 0.6 is 15.9 Å². The first-order valence-corrected chi connectivity index (χ1v) is 10.2. The molecule has 2 N–H and O–H groups in total. The monoisotopic (exact) mass is 426 g/mol. The molecule has 1 amide bonds. The molecule has 0 saturated carbocycles. The highest BCUT2D eigenvalue weighted by molar-refractivity contribution is 9.10. The molecule has 2 aromatic carbocycles. The van der Waals surface area contributed by atoms with E-state index in [0.29, 0.717) is 22.5 Å². The maximum atomic E-state index is 12.1. The number of ether oxygens (including phenoxy) is 1. The molecule has 2 aromatic rings. The zero-order valence-corrected chi connectivity index (χ0v) is 16.3. The van der Waals surface area contributed by atoms with Crippen molar-refractivity contribution in [3.63, 3.8) is 0 Å². The highest BCUT2D eigenvalue weighted by atomic mass is 79.9. The number of benzene rings is 2. The third kappa shape index (κ3) is 5.75. The molecule has 0 fully saturated rings. The number of rotatable bonds is 7. The Balaban J connectivity index is 2.01. The van der Waals surface area contributed by atoms with Gasteiger partial charge in [0.25, 0.3) is 0 Å². The summed E-state index contributed by atoms with van der Waals surface area (Å²) in [7, 11) is -3.41. The number of sulfone groups is 1. The molecule has 0 atom stereocenters. The van der Waals surface area contributed by atoms with E-state index in [2.05, 4.69) is 26.6 Å². The quantitative estimate of drug-likeness (QED) is 0.709. The van der Waals surface area contributed by atoms with Gasteiger partial charge in [0.2, 0.25) is 5.91 Å². The molecule has 8 heteroatoms. The Bertz CT molecular complexity index is 851. The maximum Gasteiger partial charge on any atom is 0.243 e. The molecule has 0 aliphatic carbocycles. The number of halogens is 1. The Morgan fingerprint density at radius 2 is 1.84 bits per heavy atom. The molecule has 0 spiro atoms. The van der Waals surface area contributed by atoms with Crippen molar-refractivity contribution in [2.24, 2.45) is 0 Å². The normalized spacial score (nSPS) is 11.0. The average molecular weight is 427 g/mol. The Hall–Kier alpha value is -2.06. The standard InChI is InChI=1S/C17H19BrN2O4S/c1-3-24-14-7-5-13(6-8-14)20-17(21)11-19-15-9-4-12(18)10-16(15)25(2,22)23/h4-10,19H,3,11H2,1-2H3,(H,20,21). The molecule has 0 aliphatic rings. The van der Waals surface area contributed by atoms with Crippen molar-refractivity contribution in [2.75, 3.05) is 30.0 Å². The lowest BCUT2D eigenvalue weighted by Gasteiger charge is -2.12. The van der Waals surface area contributed by atoms with Gasteiger partial charge in [0.05, 0.1) is 23.7 Å². The maximum absolute atomic E-state index is 12.1. The molecule has 6 nitrogen and oxygen atoms in total. The molecule has 134 valence electrons. The van der Waals surface area contributed by atoms with E-state index in [1.165, 1.54) is 6.07 Å². The van der Waals surface area contributed by atoms with Crippen LogP contribution in [0.3, 0.4) is 0 Å². The lowest BCUT2D eigenvalue weighted by atomic mass is 10.3. The molecule has 0 saturated heterocycles. The van der Waals surface area contributed by atoms with E-state index < -0.39 is 9.84 Å². The van der Waals surface area contributed by atoms with Gasteiger partial charge in [-0.2, -0.15) is 0 Å². The fourth-order valence-corrected chi connectivity index (χ4v) is 3.52. The van der Waals surface area contributed by atoms with Gasteiger partial charge >= 0.3 is 0 Å². The zero-order valence-electron chi connectivity index (χ0n) is 13.9. The molecule has 0 bridgehead atoms. The van der Waals surface area contributed by atoms with E-state index in [9.17, 15) is 13.2 Å². The highest BCUT2D eigenvalue weighted by Crippen LogP contribution is 2.25. The largest absolute Gasteiger partial charge is 0.494 e. The van der Waals surface area contributed by atoms with Crippen LogP contribution in [0, 0.1) is 0 Å². The number of hydrogen-bond donors (Lipinski definition) is 2. The predicted molar refractivity (Wildman–Crippen MR) is 102 cm³/mol. The first-order chi connectivity index (χ1) is 11.8. The van der Waals surface area contributed by atoms with E-state index in [1.807, 2.05) is 6.92 Å². The number of hydrogen-bond acceptors (Lipinski definition) is 5. The molecular formula is C17H19BrN2O4S. The lowest BCUT2D eigenvalue weighted by molar-refractivity contribution is -0.114. The van der Waals surface area contributed by atoms with Crippen molar-refractivity contribution in [2.45, 2.75) is 11.8 Å². The van der Waals surface area contributed by atoms with Gasteiger partial charge in [0.15, 0.2) is 9.84 Å². The number of anilines is 2.